The molecule has 0 spiro atoms. The van der Waals surface area contributed by atoms with Crippen molar-refractivity contribution in [3.8, 4) is 5.75 Å². The number of hydrogen-bond donors (Lipinski definition) is 2. The summed E-state index contributed by atoms with van der Waals surface area (Å²) < 4.78 is 41.5. The molecule has 0 amide bonds. The molecule has 2 aromatic rings. The molecule has 26 heavy (non-hydrogen) atoms. The van der Waals surface area contributed by atoms with E-state index in [1.807, 2.05) is 13.8 Å². The maximum atomic E-state index is 12.5. The maximum Gasteiger partial charge on any atom is 0.573 e. The van der Waals surface area contributed by atoms with E-state index in [0.717, 1.165) is 10.6 Å². The van der Waals surface area contributed by atoms with Crippen molar-refractivity contribution in [2.45, 2.75) is 33.3 Å². The van der Waals surface area contributed by atoms with Crippen molar-refractivity contribution >= 4 is 41.3 Å². The van der Waals surface area contributed by atoms with Crippen molar-refractivity contribution in [1.29, 1.82) is 0 Å². The Bertz CT molecular complexity index is 722. The number of aromatic nitrogens is 1. The molecular weight excluding hydrogens is 480 g/mol. The Balaban J connectivity index is 0.00000338. The highest BCUT2D eigenvalue weighted by atomic mass is 127. The molecule has 0 unspecified atom stereocenters. The molecule has 0 radical (unpaired) electrons. The van der Waals surface area contributed by atoms with Crippen LogP contribution in [0.25, 0.3) is 0 Å². The van der Waals surface area contributed by atoms with E-state index in [-0.39, 0.29) is 36.3 Å². The summed E-state index contributed by atoms with van der Waals surface area (Å²) in [6.45, 7) is 5.07. The summed E-state index contributed by atoms with van der Waals surface area (Å²) in [4.78, 5) is 9.59. The van der Waals surface area contributed by atoms with Crippen molar-refractivity contribution in [2.24, 2.45) is 4.99 Å². The Morgan fingerprint density at radius 2 is 2.00 bits per heavy atom. The van der Waals surface area contributed by atoms with Gasteiger partial charge in [0, 0.05) is 17.0 Å². The van der Waals surface area contributed by atoms with Gasteiger partial charge in [-0.15, -0.1) is 48.5 Å². The molecular formula is C16H20F3IN4OS. The number of guanidine groups is 1. The number of rotatable bonds is 6. The zero-order valence-electron chi connectivity index (χ0n) is 14.3. The Labute approximate surface area is 171 Å². The van der Waals surface area contributed by atoms with Gasteiger partial charge in [0.1, 0.15) is 5.75 Å². The number of alkyl halides is 3. The maximum absolute atomic E-state index is 12.5. The number of nitrogens with zero attached hydrogens (tertiary/aromatic N) is 2. The molecule has 0 aliphatic heterocycles. The minimum atomic E-state index is -4.73. The molecule has 0 aliphatic carbocycles. The molecule has 1 aromatic carbocycles. The summed E-state index contributed by atoms with van der Waals surface area (Å²) in [7, 11) is 0. The third-order valence-corrected chi connectivity index (χ3v) is 4.15. The average Bonchev–Trinajstić information content (AvgIpc) is 2.95. The smallest absolute Gasteiger partial charge is 0.405 e. The summed E-state index contributed by atoms with van der Waals surface area (Å²) >= 11 is 1.53. The van der Waals surface area contributed by atoms with Crippen molar-refractivity contribution in [2.75, 3.05) is 6.54 Å². The van der Waals surface area contributed by atoms with Crippen molar-refractivity contribution < 1.29 is 17.9 Å². The molecule has 10 heteroatoms. The standard InChI is InChI=1S/C16H19F3N4OS.HI/c1-3-20-15(22-9-14-11(2)23-10-25-14)21-8-12-6-4-5-7-13(12)24-16(17,18)19;/h4-7,10H,3,8-9H2,1-2H3,(H2,20,21,22);1H. The van der Waals surface area contributed by atoms with Crippen LogP contribution in [0.2, 0.25) is 0 Å². The van der Waals surface area contributed by atoms with Gasteiger partial charge in [0.15, 0.2) is 5.96 Å². The van der Waals surface area contributed by atoms with E-state index in [0.29, 0.717) is 24.6 Å². The molecule has 1 heterocycles. The fourth-order valence-electron chi connectivity index (χ4n) is 2.02. The third kappa shape index (κ3) is 7.36. The Morgan fingerprint density at radius 3 is 2.62 bits per heavy atom. The second-order valence-electron chi connectivity index (χ2n) is 5.07. The lowest BCUT2D eigenvalue weighted by Crippen LogP contribution is -2.36. The van der Waals surface area contributed by atoms with Crippen LogP contribution in [0.3, 0.4) is 0 Å². The van der Waals surface area contributed by atoms with Gasteiger partial charge in [-0.3, -0.25) is 0 Å². The highest BCUT2D eigenvalue weighted by molar-refractivity contribution is 14.0. The summed E-state index contributed by atoms with van der Waals surface area (Å²) in [5.74, 6) is 0.269. The van der Waals surface area contributed by atoms with Crippen LogP contribution >= 0.6 is 35.3 Å². The third-order valence-electron chi connectivity index (χ3n) is 3.21. The lowest BCUT2D eigenvalue weighted by atomic mass is 10.2. The van der Waals surface area contributed by atoms with E-state index in [9.17, 15) is 13.2 Å². The molecule has 0 aliphatic rings. The van der Waals surface area contributed by atoms with Gasteiger partial charge in [-0.2, -0.15) is 0 Å². The Hall–Kier alpha value is -1.56. The van der Waals surface area contributed by atoms with Gasteiger partial charge < -0.3 is 15.4 Å². The minimum Gasteiger partial charge on any atom is -0.405 e. The molecule has 0 bridgehead atoms. The molecule has 2 N–H and O–H groups in total. The number of ether oxygens (including phenoxy) is 1. The molecule has 0 saturated heterocycles. The number of halogens is 4. The van der Waals surface area contributed by atoms with Gasteiger partial charge in [-0.25, -0.2) is 9.98 Å². The Morgan fingerprint density at radius 1 is 1.27 bits per heavy atom. The topological polar surface area (TPSA) is 58.5 Å². The van der Waals surface area contributed by atoms with Crippen LogP contribution < -0.4 is 15.4 Å². The van der Waals surface area contributed by atoms with Crippen molar-refractivity contribution in [1.82, 2.24) is 15.6 Å². The number of thiazole rings is 1. The molecule has 1 aromatic heterocycles. The summed E-state index contributed by atoms with van der Waals surface area (Å²) in [6, 6.07) is 5.97. The van der Waals surface area contributed by atoms with Crippen LogP contribution in [0.4, 0.5) is 13.2 Å². The number of aryl methyl sites for hydroxylation is 1. The van der Waals surface area contributed by atoms with Gasteiger partial charge in [0.05, 0.1) is 24.3 Å². The zero-order valence-corrected chi connectivity index (χ0v) is 17.4. The number of benzene rings is 1. The quantitative estimate of drug-likeness (QED) is 0.355. The number of aliphatic imine (C=N–C) groups is 1. The van der Waals surface area contributed by atoms with E-state index in [2.05, 4.69) is 25.3 Å². The fraction of sp³-hybridized carbons (Fsp3) is 0.375. The van der Waals surface area contributed by atoms with E-state index >= 15 is 0 Å². The first-order valence-electron chi connectivity index (χ1n) is 7.64. The highest BCUT2D eigenvalue weighted by Crippen LogP contribution is 2.26. The monoisotopic (exact) mass is 500 g/mol. The van der Waals surface area contributed by atoms with Gasteiger partial charge in [-0.1, -0.05) is 18.2 Å². The zero-order chi connectivity index (χ0) is 18.3. The largest absolute Gasteiger partial charge is 0.573 e. The first kappa shape index (κ1) is 22.5. The second-order valence-corrected chi connectivity index (χ2v) is 6.00. The minimum absolute atomic E-state index is 0. The first-order chi connectivity index (χ1) is 11.9. The first-order valence-corrected chi connectivity index (χ1v) is 8.51. The van der Waals surface area contributed by atoms with Crippen LogP contribution in [0.5, 0.6) is 5.75 Å². The second kappa shape index (κ2) is 10.6. The molecule has 0 fully saturated rings. The van der Waals surface area contributed by atoms with Crippen LogP contribution in [-0.4, -0.2) is 23.9 Å². The van der Waals surface area contributed by atoms with E-state index < -0.39 is 6.36 Å². The summed E-state index contributed by atoms with van der Waals surface area (Å²) in [5, 5.41) is 6.21. The molecule has 144 valence electrons. The van der Waals surface area contributed by atoms with Gasteiger partial charge in [-0.05, 0) is 19.9 Å². The van der Waals surface area contributed by atoms with Crippen LogP contribution in [0, 0.1) is 6.92 Å². The predicted molar refractivity (Wildman–Crippen MR) is 107 cm³/mol. The van der Waals surface area contributed by atoms with Crippen molar-refractivity contribution in [3.05, 3.63) is 45.9 Å². The Kier molecular flexibility index (Phi) is 9.13. The summed E-state index contributed by atoms with van der Waals surface area (Å²) in [6.07, 6.45) is -4.73. The fourth-order valence-corrected chi connectivity index (χ4v) is 2.74. The van der Waals surface area contributed by atoms with Crippen LogP contribution in [0.1, 0.15) is 23.1 Å². The normalized spacial score (nSPS) is 11.7. The summed E-state index contributed by atoms with van der Waals surface area (Å²) in [5.41, 5.74) is 3.06. The predicted octanol–water partition coefficient (Wildman–Crippen LogP) is 4.22. The molecule has 5 nitrogen and oxygen atoms in total. The molecule has 0 atom stereocenters. The van der Waals surface area contributed by atoms with Crippen molar-refractivity contribution in [3.63, 3.8) is 0 Å². The molecule has 2 rings (SSSR count). The number of hydrogen-bond acceptors (Lipinski definition) is 4. The number of para-hydroxylation sites is 1. The average molecular weight is 500 g/mol. The van der Waals surface area contributed by atoms with Crippen LogP contribution in [0.15, 0.2) is 34.8 Å². The number of nitrogens with one attached hydrogen (secondary N) is 2. The van der Waals surface area contributed by atoms with E-state index in [4.69, 9.17) is 0 Å². The van der Waals surface area contributed by atoms with E-state index in [1.54, 1.807) is 17.6 Å². The van der Waals surface area contributed by atoms with Crippen LogP contribution in [-0.2, 0) is 13.1 Å². The lowest BCUT2D eigenvalue weighted by molar-refractivity contribution is -0.274. The van der Waals surface area contributed by atoms with Gasteiger partial charge in [0.25, 0.3) is 0 Å². The van der Waals surface area contributed by atoms with E-state index in [1.165, 1.54) is 23.5 Å². The SMILES string of the molecule is CCNC(=NCc1ccccc1OC(F)(F)F)NCc1scnc1C.I. The highest BCUT2D eigenvalue weighted by Gasteiger charge is 2.31. The molecule has 0 saturated carbocycles. The van der Waals surface area contributed by atoms with Gasteiger partial charge >= 0.3 is 6.36 Å². The lowest BCUT2D eigenvalue weighted by Gasteiger charge is -2.13. The van der Waals surface area contributed by atoms with Gasteiger partial charge in [0.2, 0.25) is 0 Å².